The average Bonchev–Trinajstić information content (AvgIpc) is 2.78. The van der Waals surface area contributed by atoms with Crippen LogP contribution in [0.15, 0.2) is 42.5 Å². The van der Waals surface area contributed by atoms with Crippen molar-refractivity contribution >= 4 is 5.91 Å². The largest absolute Gasteiger partial charge is 0.494 e. The van der Waals surface area contributed by atoms with Crippen LogP contribution in [0, 0.1) is 0 Å². The molecule has 0 unspecified atom stereocenters. The van der Waals surface area contributed by atoms with Gasteiger partial charge in [0.05, 0.1) is 20.3 Å². The molecule has 0 aromatic heterocycles. The Kier molecular flexibility index (Phi) is 10.6. The number of carbonyl (C=O) groups excluding carboxylic acids is 1. The first-order chi connectivity index (χ1) is 14.7. The van der Waals surface area contributed by atoms with Crippen LogP contribution in [0.5, 0.6) is 17.2 Å². The summed E-state index contributed by atoms with van der Waals surface area (Å²) in [6.07, 6.45) is 6.79. The highest BCUT2D eigenvalue weighted by molar-refractivity contribution is 5.94. The second-order valence-electron chi connectivity index (χ2n) is 7.30. The van der Waals surface area contributed by atoms with Gasteiger partial charge in [0.2, 0.25) is 0 Å². The monoisotopic (exact) mass is 413 g/mol. The van der Waals surface area contributed by atoms with Crippen molar-refractivity contribution in [1.82, 2.24) is 5.32 Å². The molecule has 0 radical (unpaired) electrons. The smallest absolute Gasteiger partial charge is 0.251 e. The summed E-state index contributed by atoms with van der Waals surface area (Å²) in [5.74, 6) is 2.09. The van der Waals surface area contributed by atoms with Gasteiger partial charge in [-0.25, -0.2) is 0 Å². The standard InChI is InChI=1S/C25H35NO4/c1-4-6-8-9-17-29-22-13-11-21(12-14-22)25(27)26-19-20-10-15-23(24(18-20)28-3)30-16-7-5-2/h10-15,18H,4-9,16-17,19H2,1-3H3,(H,26,27). The van der Waals surface area contributed by atoms with Gasteiger partial charge in [-0.15, -0.1) is 0 Å². The van der Waals surface area contributed by atoms with Crippen LogP contribution in [0.1, 0.15) is 68.3 Å². The molecule has 0 saturated carbocycles. The predicted molar refractivity (Wildman–Crippen MR) is 121 cm³/mol. The fourth-order valence-electron chi connectivity index (χ4n) is 2.97. The van der Waals surface area contributed by atoms with Gasteiger partial charge in [-0.1, -0.05) is 45.6 Å². The van der Waals surface area contributed by atoms with Crippen LogP contribution in [-0.4, -0.2) is 26.2 Å². The van der Waals surface area contributed by atoms with Crippen LogP contribution in [0.2, 0.25) is 0 Å². The van der Waals surface area contributed by atoms with Crippen molar-refractivity contribution in [1.29, 1.82) is 0 Å². The van der Waals surface area contributed by atoms with E-state index in [1.54, 1.807) is 19.2 Å². The number of unbranched alkanes of at least 4 members (excludes halogenated alkanes) is 4. The van der Waals surface area contributed by atoms with Gasteiger partial charge in [-0.3, -0.25) is 4.79 Å². The number of carbonyl (C=O) groups is 1. The molecule has 164 valence electrons. The summed E-state index contributed by atoms with van der Waals surface area (Å²) in [5, 5.41) is 2.95. The van der Waals surface area contributed by atoms with Crippen molar-refractivity contribution < 1.29 is 19.0 Å². The topological polar surface area (TPSA) is 56.8 Å². The van der Waals surface area contributed by atoms with E-state index in [-0.39, 0.29) is 5.91 Å². The maximum absolute atomic E-state index is 12.4. The van der Waals surface area contributed by atoms with E-state index in [1.807, 2.05) is 30.3 Å². The van der Waals surface area contributed by atoms with Gasteiger partial charge in [-0.05, 0) is 54.8 Å². The number of methoxy groups -OCH3 is 1. The molecule has 2 aromatic carbocycles. The van der Waals surface area contributed by atoms with E-state index < -0.39 is 0 Å². The van der Waals surface area contributed by atoms with Gasteiger partial charge in [0.15, 0.2) is 11.5 Å². The maximum Gasteiger partial charge on any atom is 0.251 e. The minimum absolute atomic E-state index is 0.119. The molecule has 2 rings (SSSR count). The Labute approximate surface area is 180 Å². The Morgan fingerprint density at radius 2 is 1.57 bits per heavy atom. The summed E-state index contributed by atoms with van der Waals surface area (Å²) in [6.45, 7) is 6.12. The molecule has 1 N–H and O–H groups in total. The molecule has 0 spiro atoms. The Balaban J connectivity index is 1.83. The zero-order valence-electron chi connectivity index (χ0n) is 18.5. The van der Waals surface area contributed by atoms with Crippen LogP contribution in [0.4, 0.5) is 0 Å². The van der Waals surface area contributed by atoms with E-state index in [9.17, 15) is 4.79 Å². The number of benzene rings is 2. The zero-order chi connectivity index (χ0) is 21.6. The lowest BCUT2D eigenvalue weighted by Crippen LogP contribution is -2.22. The molecule has 5 nitrogen and oxygen atoms in total. The van der Waals surface area contributed by atoms with Crippen LogP contribution in [-0.2, 0) is 6.54 Å². The number of nitrogens with one attached hydrogen (secondary N) is 1. The van der Waals surface area contributed by atoms with Crippen LogP contribution in [0.3, 0.4) is 0 Å². The molecule has 0 bridgehead atoms. The summed E-state index contributed by atoms with van der Waals surface area (Å²) in [7, 11) is 1.62. The second kappa shape index (κ2) is 13.5. The third-order valence-electron chi connectivity index (χ3n) is 4.82. The average molecular weight is 414 g/mol. The van der Waals surface area contributed by atoms with E-state index in [0.717, 1.165) is 36.3 Å². The van der Waals surface area contributed by atoms with Crippen molar-refractivity contribution in [3.63, 3.8) is 0 Å². The Morgan fingerprint density at radius 1 is 0.833 bits per heavy atom. The molecular formula is C25H35NO4. The molecule has 30 heavy (non-hydrogen) atoms. The molecule has 2 aromatic rings. The first-order valence-electron chi connectivity index (χ1n) is 11.0. The number of amides is 1. The highest BCUT2D eigenvalue weighted by Gasteiger charge is 2.09. The third-order valence-corrected chi connectivity index (χ3v) is 4.82. The minimum atomic E-state index is -0.119. The molecule has 0 aliphatic carbocycles. The first-order valence-corrected chi connectivity index (χ1v) is 11.0. The van der Waals surface area contributed by atoms with Crippen molar-refractivity contribution in [2.24, 2.45) is 0 Å². The van der Waals surface area contributed by atoms with Gasteiger partial charge >= 0.3 is 0 Å². The van der Waals surface area contributed by atoms with Crippen molar-refractivity contribution in [2.45, 2.75) is 58.9 Å². The Bertz CT molecular complexity index is 758. The fraction of sp³-hybridized carbons (Fsp3) is 0.480. The molecule has 0 heterocycles. The minimum Gasteiger partial charge on any atom is -0.494 e. The molecule has 1 amide bonds. The lowest BCUT2D eigenvalue weighted by Gasteiger charge is -2.12. The molecular weight excluding hydrogens is 378 g/mol. The SMILES string of the molecule is CCCCCCOc1ccc(C(=O)NCc2ccc(OCCCC)c(OC)c2)cc1. The predicted octanol–water partition coefficient (Wildman–Crippen LogP) is 5.76. The summed E-state index contributed by atoms with van der Waals surface area (Å²) in [6, 6.07) is 13.0. The van der Waals surface area contributed by atoms with E-state index in [0.29, 0.717) is 31.1 Å². The number of rotatable bonds is 14. The normalized spacial score (nSPS) is 10.5. The van der Waals surface area contributed by atoms with Crippen LogP contribution >= 0.6 is 0 Å². The summed E-state index contributed by atoms with van der Waals surface area (Å²) in [4.78, 5) is 12.4. The lowest BCUT2D eigenvalue weighted by atomic mass is 10.1. The van der Waals surface area contributed by atoms with E-state index in [2.05, 4.69) is 19.2 Å². The van der Waals surface area contributed by atoms with Crippen molar-refractivity contribution in [3.05, 3.63) is 53.6 Å². The van der Waals surface area contributed by atoms with E-state index in [1.165, 1.54) is 19.3 Å². The molecule has 0 saturated heterocycles. The second-order valence-corrected chi connectivity index (χ2v) is 7.30. The molecule has 0 atom stereocenters. The third kappa shape index (κ3) is 7.97. The van der Waals surface area contributed by atoms with Gasteiger partial charge < -0.3 is 19.5 Å². The Morgan fingerprint density at radius 3 is 2.27 bits per heavy atom. The fourth-order valence-corrected chi connectivity index (χ4v) is 2.97. The molecule has 0 aliphatic rings. The molecule has 0 aliphatic heterocycles. The number of ether oxygens (including phenoxy) is 3. The quantitative estimate of drug-likeness (QED) is 0.400. The number of hydrogen-bond acceptors (Lipinski definition) is 4. The Hall–Kier alpha value is -2.69. The lowest BCUT2D eigenvalue weighted by molar-refractivity contribution is 0.0951. The van der Waals surface area contributed by atoms with E-state index in [4.69, 9.17) is 14.2 Å². The highest BCUT2D eigenvalue weighted by Crippen LogP contribution is 2.28. The summed E-state index contributed by atoms with van der Waals surface area (Å²) in [5.41, 5.74) is 1.56. The zero-order valence-corrected chi connectivity index (χ0v) is 18.5. The van der Waals surface area contributed by atoms with Crippen LogP contribution in [0.25, 0.3) is 0 Å². The first kappa shape index (κ1) is 23.6. The van der Waals surface area contributed by atoms with Gasteiger partial charge in [0, 0.05) is 12.1 Å². The summed E-state index contributed by atoms with van der Waals surface area (Å²) >= 11 is 0. The van der Waals surface area contributed by atoms with Gasteiger partial charge in [-0.2, -0.15) is 0 Å². The van der Waals surface area contributed by atoms with Gasteiger partial charge in [0.1, 0.15) is 5.75 Å². The molecule has 5 heteroatoms. The van der Waals surface area contributed by atoms with Crippen molar-refractivity contribution in [3.8, 4) is 17.2 Å². The summed E-state index contributed by atoms with van der Waals surface area (Å²) < 4.78 is 16.9. The van der Waals surface area contributed by atoms with Crippen LogP contribution < -0.4 is 19.5 Å². The molecule has 0 fully saturated rings. The maximum atomic E-state index is 12.4. The van der Waals surface area contributed by atoms with Crippen molar-refractivity contribution in [2.75, 3.05) is 20.3 Å². The van der Waals surface area contributed by atoms with E-state index >= 15 is 0 Å². The highest BCUT2D eigenvalue weighted by atomic mass is 16.5. The van der Waals surface area contributed by atoms with Gasteiger partial charge in [0.25, 0.3) is 5.91 Å². The number of hydrogen-bond donors (Lipinski definition) is 1.